The first-order valence-electron chi connectivity index (χ1n) is 8.25. The van der Waals surface area contributed by atoms with Gasteiger partial charge in [-0.05, 0) is 24.0 Å². The van der Waals surface area contributed by atoms with E-state index in [1.807, 2.05) is 30.3 Å². The standard InChI is InChI=1S/C17H14N2O2S.C2H4O2/c20-13-8-4-7-12-14-16(22-15(12)13)18-10-19(17(14)21)9-11-5-2-1-3-6-11;1-2(3)4/h1-3,5-6,10H,4,7-9H2;1H3,(H,3,4). The molecule has 0 saturated carbocycles. The molecule has 6 nitrogen and oxygen atoms in total. The van der Waals surface area contributed by atoms with Gasteiger partial charge in [0.25, 0.3) is 11.5 Å². The molecule has 0 aliphatic heterocycles. The van der Waals surface area contributed by atoms with E-state index in [9.17, 15) is 9.59 Å². The Bertz CT molecular complexity index is 1020. The number of aryl methyl sites for hydroxylation is 1. The van der Waals surface area contributed by atoms with Crippen molar-refractivity contribution in [2.24, 2.45) is 0 Å². The lowest BCUT2D eigenvalue weighted by molar-refractivity contribution is -0.134. The van der Waals surface area contributed by atoms with Crippen LogP contribution in [-0.2, 0) is 17.8 Å². The van der Waals surface area contributed by atoms with Crippen LogP contribution in [0.4, 0.5) is 0 Å². The number of Topliss-reactive ketones (excluding diaryl/α,β-unsaturated/α-hetero) is 1. The molecule has 1 aromatic carbocycles. The molecule has 7 heteroatoms. The van der Waals surface area contributed by atoms with Crippen molar-refractivity contribution < 1.29 is 14.7 Å². The fraction of sp³-hybridized carbons (Fsp3) is 0.263. The number of aromatic nitrogens is 2. The van der Waals surface area contributed by atoms with Crippen LogP contribution in [0.15, 0.2) is 41.5 Å². The fourth-order valence-corrected chi connectivity index (χ4v) is 4.13. The van der Waals surface area contributed by atoms with Gasteiger partial charge >= 0.3 is 0 Å². The quantitative estimate of drug-likeness (QED) is 0.749. The number of fused-ring (bicyclic) bond motifs is 3. The van der Waals surface area contributed by atoms with Crippen molar-refractivity contribution in [3.8, 4) is 0 Å². The molecular formula is C19H18N2O4S. The van der Waals surface area contributed by atoms with Crippen LogP contribution in [0.2, 0.25) is 0 Å². The monoisotopic (exact) mass is 370 g/mol. The summed E-state index contributed by atoms with van der Waals surface area (Å²) in [5.41, 5.74) is 1.93. The van der Waals surface area contributed by atoms with E-state index in [0.29, 0.717) is 23.2 Å². The van der Waals surface area contributed by atoms with Gasteiger partial charge in [0.05, 0.1) is 23.1 Å². The number of carbonyl (C=O) groups excluding carboxylic acids is 1. The van der Waals surface area contributed by atoms with Crippen LogP contribution in [-0.4, -0.2) is 26.4 Å². The van der Waals surface area contributed by atoms with Gasteiger partial charge in [0, 0.05) is 13.3 Å². The van der Waals surface area contributed by atoms with Crippen LogP contribution in [0.1, 0.15) is 40.6 Å². The maximum atomic E-state index is 12.8. The maximum absolute atomic E-state index is 12.8. The molecule has 26 heavy (non-hydrogen) atoms. The maximum Gasteiger partial charge on any atom is 0.300 e. The van der Waals surface area contributed by atoms with Crippen LogP contribution < -0.4 is 5.56 Å². The Morgan fingerprint density at radius 2 is 1.92 bits per heavy atom. The summed E-state index contributed by atoms with van der Waals surface area (Å²) in [5.74, 6) is -0.682. The largest absolute Gasteiger partial charge is 0.481 e. The summed E-state index contributed by atoms with van der Waals surface area (Å²) in [6.45, 7) is 1.58. The molecular weight excluding hydrogens is 352 g/mol. The smallest absolute Gasteiger partial charge is 0.300 e. The van der Waals surface area contributed by atoms with Crippen molar-refractivity contribution in [2.45, 2.75) is 32.7 Å². The summed E-state index contributed by atoms with van der Waals surface area (Å²) >= 11 is 1.36. The van der Waals surface area contributed by atoms with Gasteiger partial charge in [-0.15, -0.1) is 11.3 Å². The number of nitrogens with zero attached hydrogens (tertiary/aromatic N) is 2. The number of benzene rings is 1. The van der Waals surface area contributed by atoms with E-state index in [2.05, 4.69) is 4.98 Å². The molecule has 1 N–H and O–H groups in total. The van der Waals surface area contributed by atoms with Gasteiger partial charge in [-0.3, -0.25) is 19.0 Å². The molecule has 1 aliphatic carbocycles. The Kier molecular flexibility index (Phi) is 5.27. The molecule has 4 rings (SSSR count). The highest BCUT2D eigenvalue weighted by atomic mass is 32.1. The number of carbonyl (C=O) groups is 2. The molecule has 0 bridgehead atoms. The summed E-state index contributed by atoms with van der Waals surface area (Å²) < 4.78 is 1.63. The van der Waals surface area contributed by atoms with Crippen molar-refractivity contribution in [3.05, 3.63) is 63.0 Å². The minimum absolute atomic E-state index is 0.0407. The van der Waals surface area contributed by atoms with E-state index in [-0.39, 0.29) is 11.3 Å². The third-order valence-corrected chi connectivity index (χ3v) is 5.24. The SMILES string of the molecule is CC(=O)O.O=C1CCCc2c1sc1ncn(Cc3ccccc3)c(=O)c21. The molecule has 0 atom stereocenters. The molecule has 2 heterocycles. The molecule has 0 spiro atoms. The molecule has 0 fully saturated rings. The van der Waals surface area contributed by atoms with Gasteiger partial charge in [-0.1, -0.05) is 30.3 Å². The molecule has 0 amide bonds. The Labute approximate surface area is 153 Å². The summed E-state index contributed by atoms with van der Waals surface area (Å²) in [7, 11) is 0. The van der Waals surface area contributed by atoms with E-state index in [1.165, 1.54) is 11.3 Å². The van der Waals surface area contributed by atoms with Crippen molar-refractivity contribution in [3.63, 3.8) is 0 Å². The van der Waals surface area contributed by atoms with E-state index in [1.54, 1.807) is 10.9 Å². The number of rotatable bonds is 2. The Morgan fingerprint density at radius 3 is 2.62 bits per heavy atom. The normalized spacial score (nSPS) is 13.0. The topological polar surface area (TPSA) is 89.3 Å². The first-order chi connectivity index (χ1) is 12.5. The molecule has 1 aliphatic rings. The van der Waals surface area contributed by atoms with Crippen LogP contribution >= 0.6 is 11.3 Å². The number of carboxylic acids is 1. The zero-order valence-corrected chi connectivity index (χ0v) is 15.1. The molecule has 0 radical (unpaired) electrons. The number of hydrogen-bond donors (Lipinski definition) is 1. The molecule has 134 valence electrons. The van der Waals surface area contributed by atoms with E-state index in [0.717, 1.165) is 35.8 Å². The summed E-state index contributed by atoms with van der Waals surface area (Å²) in [5, 5.41) is 8.06. The van der Waals surface area contributed by atoms with Crippen molar-refractivity contribution in [2.75, 3.05) is 0 Å². The number of thiophene rings is 1. The second-order valence-electron chi connectivity index (χ2n) is 6.05. The zero-order valence-electron chi connectivity index (χ0n) is 14.3. The first kappa shape index (κ1) is 18.0. The Balaban J connectivity index is 0.000000447. The van der Waals surface area contributed by atoms with E-state index >= 15 is 0 Å². The number of hydrogen-bond acceptors (Lipinski definition) is 5. The molecule has 3 aromatic rings. The highest BCUT2D eigenvalue weighted by Crippen LogP contribution is 2.33. The number of aliphatic carboxylic acids is 1. The predicted octanol–water partition coefficient (Wildman–Crippen LogP) is 3.12. The molecule has 2 aromatic heterocycles. The van der Waals surface area contributed by atoms with Crippen molar-refractivity contribution in [1.29, 1.82) is 0 Å². The molecule has 0 unspecified atom stereocenters. The zero-order chi connectivity index (χ0) is 18.7. The number of carboxylic acid groups (broad SMARTS) is 1. The fourth-order valence-electron chi connectivity index (χ4n) is 2.98. The van der Waals surface area contributed by atoms with Gasteiger partial charge in [0.1, 0.15) is 4.83 Å². The summed E-state index contributed by atoms with van der Waals surface area (Å²) in [6, 6.07) is 9.84. The first-order valence-corrected chi connectivity index (χ1v) is 9.06. The highest BCUT2D eigenvalue weighted by Gasteiger charge is 2.25. The summed E-state index contributed by atoms with van der Waals surface area (Å²) in [4.78, 5) is 39.6. The lowest BCUT2D eigenvalue weighted by atomic mass is 9.96. The van der Waals surface area contributed by atoms with Crippen LogP contribution in [0, 0.1) is 0 Å². The van der Waals surface area contributed by atoms with Crippen molar-refractivity contribution in [1.82, 2.24) is 9.55 Å². The Hall–Kier alpha value is -2.80. The summed E-state index contributed by atoms with van der Waals surface area (Å²) in [6.07, 6.45) is 3.79. The minimum Gasteiger partial charge on any atom is -0.481 e. The van der Waals surface area contributed by atoms with Crippen LogP contribution in [0.5, 0.6) is 0 Å². The van der Waals surface area contributed by atoms with Crippen molar-refractivity contribution >= 4 is 33.3 Å². The second kappa shape index (κ2) is 7.61. The van der Waals surface area contributed by atoms with E-state index < -0.39 is 5.97 Å². The average Bonchev–Trinajstić information content (AvgIpc) is 2.99. The Morgan fingerprint density at radius 1 is 1.23 bits per heavy atom. The average molecular weight is 370 g/mol. The lowest BCUT2D eigenvalue weighted by Crippen LogP contribution is -2.22. The second-order valence-corrected chi connectivity index (χ2v) is 7.05. The van der Waals surface area contributed by atoms with Gasteiger partial charge < -0.3 is 5.11 Å². The third-order valence-electron chi connectivity index (χ3n) is 4.06. The van der Waals surface area contributed by atoms with Gasteiger partial charge in [0.15, 0.2) is 5.78 Å². The third kappa shape index (κ3) is 3.72. The van der Waals surface area contributed by atoms with Gasteiger partial charge in [-0.25, -0.2) is 4.98 Å². The lowest BCUT2D eigenvalue weighted by Gasteiger charge is -2.10. The predicted molar refractivity (Wildman–Crippen MR) is 100 cm³/mol. The van der Waals surface area contributed by atoms with Crippen LogP contribution in [0.25, 0.3) is 10.2 Å². The number of ketones is 1. The van der Waals surface area contributed by atoms with Crippen LogP contribution in [0.3, 0.4) is 0 Å². The minimum atomic E-state index is -0.833. The van der Waals surface area contributed by atoms with Gasteiger partial charge in [-0.2, -0.15) is 0 Å². The highest BCUT2D eigenvalue weighted by molar-refractivity contribution is 7.20. The van der Waals surface area contributed by atoms with Gasteiger partial charge in [0.2, 0.25) is 0 Å². The molecule has 0 saturated heterocycles. The van der Waals surface area contributed by atoms with E-state index in [4.69, 9.17) is 9.90 Å².